The maximum Gasteiger partial charge on any atom is 0.323 e. The van der Waals surface area contributed by atoms with Crippen molar-refractivity contribution >= 4 is 17.4 Å². The highest BCUT2D eigenvalue weighted by molar-refractivity contribution is 6.00. The van der Waals surface area contributed by atoms with Gasteiger partial charge in [0, 0.05) is 35.6 Å². The van der Waals surface area contributed by atoms with E-state index in [4.69, 9.17) is 9.47 Å². The molecule has 0 bridgehead atoms. The molecule has 0 spiro atoms. The lowest BCUT2D eigenvalue weighted by atomic mass is 10.2. The number of hydrogen-bond donors (Lipinski definition) is 3. The standard InChI is InChI=1S/C15H16N2O4/c1-20-13-7-11(8-14(9-13)21-2)17-15(19)16-10-4-3-5-12(18)6-10/h3-9,18H,1-2H3,(H2,16,17,19). The molecule has 0 unspecified atom stereocenters. The number of hydrogen-bond acceptors (Lipinski definition) is 4. The van der Waals surface area contributed by atoms with Crippen LogP contribution in [0.2, 0.25) is 0 Å². The van der Waals surface area contributed by atoms with Gasteiger partial charge in [-0.15, -0.1) is 0 Å². The predicted molar refractivity (Wildman–Crippen MR) is 80.3 cm³/mol. The molecule has 0 saturated heterocycles. The van der Waals surface area contributed by atoms with Crippen LogP contribution in [0.5, 0.6) is 17.2 Å². The molecule has 0 atom stereocenters. The molecule has 2 aromatic rings. The van der Waals surface area contributed by atoms with E-state index in [1.807, 2.05) is 0 Å². The number of phenolic OH excluding ortho intramolecular Hbond substituents is 1. The van der Waals surface area contributed by atoms with Gasteiger partial charge in [0.05, 0.1) is 14.2 Å². The predicted octanol–water partition coefficient (Wildman–Crippen LogP) is 3.05. The van der Waals surface area contributed by atoms with Crippen LogP contribution in [0.1, 0.15) is 0 Å². The van der Waals surface area contributed by atoms with Gasteiger partial charge in [-0.1, -0.05) is 6.07 Å². The normalized spacial score (nSPS) is 9.81. The second-order valence-corrected chi connectivity index (χ2v) is 4.23. The van der Waals surface area contributed by atoms with E-state index < -0.39 is 6.03 Å². The number of carbonyl (C=O) groups is 1. The molecule has 2 amide bonds. The molecule has 0 aliphatic rings. The number of amides is 2. The number of rotatable bonds is 4. The van der Waals surface area contributed by atoms with Gasteiger partial charge >= 0.3 is 6.03 Å². The molecule has 110 valence electrons. The Labute approximate surface area is 122 Å². The van der Waals surface area contributed by atoms with Crippen LogP contribution in [0.25, 0.3) is 0 Å². The van der Waals surface area contributed by atoms with Crippen molar-refractivity contribution in [2.45, 2.75) is 0 Å². The molecule has 2 aromatic carbocycles. The molecule has 0 aromatic heterocycles. The van der Waals surface area contributed by atoms with Gasteiger partial charge in [-0.2, -0.15) is 0 Å². The SMILES string of the molecule is COc1cc(NC(=O)Nc2cccc(O)c2)cc(OC)c1. The first-order chi connectivity index (χ1) is 10.1. The van der Waals surface area contributed by atoms with E-state index >= 15 is 0 Å². The fourth-order valence-corrected chi connectivity index (χ4v) is 1.76. The molecular weight excluding hydrogens is 272 g/mol. The minimum Gasteiger partial charge on any atom is -0.508 e. The number of carbonyl (C=O) groups excluding carboxylic acids is 1. The van der Waals surface area contributed by atoms with Gasteiger partial charge in [0.1, 0.15) is 17.2 Å². The van der Waals surface area contributed by atoms with Gasteiger partial charge in [0.2, 0.25) is 0 Å². The highest BCUT2D eigenvalue weighted by Crippen LogP contribution is 2.26. The second-order valence-electron chi connectivity index (χ2n) is 4.23. The number of nitrogens with one attached hydrogen (secondary N) is 2. The van der Waals surface area contributed by atoms with Crippen molar-refractivity contribution in [3.63, 3.8) is 0 Å². The summed E-state index contributed by atoms with van der Waals surface area (Å²) in [4.78, 5) is 11.9. The van der Waals surface area contributed by atoms with Gasteiger partial charge in [-0.3, -0.25) is 0 Å². The van der Waals surface area contributed by atoms with Crippen molar-refractivity contribution < 1.29 is 19.4 Å². The van der Waals surface area contributed by atoms with Crippen molar-refractivity contribution in [2.75, 3.05) is 24.9 Å². The number of benzene rings is 2. The van der Waals surface area contributed by atoms with E-state index in [0.29, 0.717) is 22.9 Å². The summed E-state index contributed by atoms with van der Waals surface area (Å²) in [6.07, 6.45) is 0. The molecule has 6 heteroatoms. The van der Waals surface area contributed by atoms with Gasteiger partial charge in [-0.05, 0) is 12.1 Å². The number of anilines is 2. The largest absolute Gasteiger partial charge is 0.508 e. The molecule has 21 heavy (non-hydrogen) atoms. The van der Waals surface area contributed by atoms with Crippen LogP contribution in [0.3, 0.4) is 0 Å². The zero-order valence-electron chi connectivity index (χ0n) is 11.7. The second kappa shape index (κ2) is 6.51. The third kappa shape index (κ3) is 4.04. The molecule has 0 fully saturated rings. The number of phenols is 1. The zero-order valence-corrected chi connectivity index (χ0v) is 11.7. The lowest BCUT2D eigenvalue weighted by molar-refractivity contribution is 0.262. The highest BCUT2D eigenvalue weighted by Gasteiger charge is 2.06. The zero-order chi connectivity index (χ0) is 15.2. The molecule has 6 nitrogen and oxygen atoms in total. The first-order valence-corrected chi connectivity index (χ1v) is 6.21. The van der Waals surface area contributed by atoms with Crippen LogP contribution < -0.4 is 20.1 Å². The Morgan fingerprint density at radius 1 is 0.952 bits per heavy atom. The quantitative estimate of drug-likeness (QED) is 0.807. The number of urea groups is 1. The fraction of sp³-hybridized carbons (Fsp3) is 0.133. The summed E-state index contributed by atoms with van der Waals surface area (Å²) in [5, 5.41) is 14.6. The van der Waals surface area contributed by atoms with E-state index in [-0.39, 0.29) is 5.75 Å². The number of ether oxygens (including phenoxy) is 2. The molecule has 0 aliphatic heterocycles. The van der Waals surface area contributed by atoms with Crippen molar-refractivity contribution in [3.8, 4) is 17.2 Å². The third-order valence-electron chi connectivity index (χ3n) is 2.71. The number of methoxy groups -OCH3 is 2. The lowest BCUT2D eigenvalue weighted by Crippen LogP contribution is -2.19. The molecule has 0 aliphatic carbocycles. The van der Waals surface area contributed by atoms with Crippen LogP contribution in [0.4, 0.5) is 16.2 Å². The van der Waals surface area contributed by atoms with Crippen molar-refractivity contribution in [1.82, 2.24) is 0 Å². The molecule has 0 heterocycles. The highest BCUT2D eigenvalue weighted by atomic mass is 16.5. The topological polar surface area (TPSA) is 79.8 Å². The Balaban J connectivity index is 2.08. The van der Waals surface area contributed by atoms with Gasteiger partial charge < -0.3 is 25.2 Å². The van der Waals surface area contributed by atoms with Crippen LogP contribution in [0, 0.1) is 0 Å². The van der Waals surface area contributed by atoms with E-state index in [1.54, 1.807) is 30.3 Å². The lowest BCUT2D eigenvalue weighted by Gasteiger charge is -2.11. The maximum absolute atomic E-state index is 11.9. The van der Waals surface area contributed by atoms with E-state index in [0.717, 1.165) is 0 Å². The maximum atomic E-state index is 11.9. The average molecular weight is 288 g/mol. The molecule has 0 radical (unpaired) electrons. The van der Waals surface area contributed by atoms with Crippen LogP contribution in [0.15, 0.2) is 42.5 Å². The van der Waals surface area contributed by atoms with E-state index in [2.05, 4.69) is 10.6 Å². The summed E-state index contributed by atoms with van der Waals surface area (Å²) in [5.74, 6) is 1.22. The minimum atomic E-state index is -0.434. The van der Waals surface area contributed by atoms with Crippen molar-refractivity contribution in [3.05, 3.63) is 42.5 Å². The molecule has 2 rings (SSSR count). The first-order valence-electron chi connectivity index (χ1n) is 6.21. The number of aromatic hydroxyl groups is 1. The summed E-state index contributed by atoms with van der Waals surface area (Å²) < 4.78 is 10.3. The molecule has 0 saturated carbocycles. The van der Waals surface area contributed by atoms with Crippen LogP contribution in [-0.4, -0.2) is 25.4 Å². The third-order valence-corrected chi connectivity index (χ3v) is 2.71. The first kappa shape index (κ1) is 14.5. The van der Waals surface area contributed by atoms with Crippen LogP contribution >= 0.6 is 0 Å². The summed E-state index contributed by atoms with van der Waals surface area (Å²) in [6, 6.07) is 10.9. The molecular formula is C15H16N2O4. The molecule has 3 N–H and O–H groups in total. The summed E-state index contributed by atoms with van der Waals surface area (Å²) in [6.45, 7) is 0. The van der Waals surface area contributed by atoms with Crippen LogP contribution in [-0.2, 0) is 0 Å². The summed E-state index contributed by atoms with van der Waals surface area (Å²) in [7, 11) is 3.07. The Bertz CT molecular complexity index is 621. The van der Waals surface area contributed by atoms with E-state index in [1.165, 1.54) is 26.4 Å². The Morgan fingerprint density at radius 2 is 1.57 bits per heavy atom. The van der Waals surface area contributed by atoms with Gasteiger partial charge in [-0.25, -0.2) is 4.79 Å². The average Bonchev–Trinajstić information content (AvgIpc) is 2.46. The van der Waals surface area contributed by atoms with E-state index in [9.17, 15) is 9.90 Å². The Kier molecular flexibility index (Phi) is 4.50. The Morgan fingerprint density at radius 3 is 2.14 bits per heavy atom. The monoisotopic (exact) mass is 288 g/mol. The summed E-state index contributed by atoms with van der Waals surface area (Å²) >= 11 is 0. The Hall–Kier alpha value is -2.89. The fourth-order valence-electron chi connectivity index (χ4n) is 1.76. The van der Waals surface area contributed by atoms with Crippen molar-refractivity contribution in [1.29, 1.82) is 0 Å². The van der Waals surface area contributed by atoms with Gasteiger partial charge in [0.15, 0.2) is 0 Å². The minimum absolute atomic E-state index is 0.0795. The summed E-state index contributed by atoms with van der Waals surface area (Å²) in [5.41, 5.74) is 1.02. The smallest absolute Gasteiger partial charge is 0.323 e. The van der Waals surface area contributed by atoms with Crippen molar-refractivity contribution in [2.24, 2.45) is 0 Å². The van der Waals surface area contributed by atoms with Gasteiger partial charge in [0.25, 0.3) is 0 Å².